The molecule has 2 aromatic heterocycles. The third-order valence-corrected chi connectivity index (χ3v) is 6.26. The van der Waals surface area contributed by atoms with Crippen molar-refractivity contribution in [3.8, 4) is 5.75 Å². The van der Waals surface area contributed by atoms with Crippen molar-refractivity contribution in [3.63, 3.8) is 0 Å². The van der Waals surface area contributed by atoms with Gasteiger partial charge in [-0.3, -0.25) is 9.48 Å². The lowest BCUT2D eigenvalue weighted by molar-refractivity contribution is -0.113. The highest BCUT2D eigenvalue weighted by molar-refractivity contribution is 7.99. The van der Waals surface area contributed by atoms with Gasteiger partial charge in [0.1, 0.15) is 18.2 Å². The van der Waals surface area contributed by atoms with E-state index in [1.54, 1.807) is 4.68 Å². The fraction of sp³-hybridized carbons (Fsp3) is 0.520. The first-order valence-electron chi connectivity index (χ1n) is 11.7. The predicted octanol–water partition coefficient (Wildman–Crippen LogP) is 4.84. The van der Waals surface area contributed by atoms with Crippen molar-refractivity contribution in [2.24, 2.45) is 13.0 Å². The summed E-state index contributed by atoms with van der Waals surface area (Å²) in [7, 11) is 1.83. The van der Waals surface area contributed by atoms with Gasteiger partial charge in [-0.2, -0.15) is 5.10 Å². The summed E-state index contributed by atoms with van der Waals surface area (Å²) in [6.07, 6.45) is 0.996. The molecule has 0 saturated carbocycles. The fourth-order valence-corrected chi connectivity index (χ4v) is 4.08. The summed E-state index contributed by atoms with van der Waals surface area (Å²) in [6.45, 7) is 13.8. The van der Waals surface area contributed by atoms with Crippen LogP contribution in [0.2, 0.25) is 0 Å². The van der Waals surface area contributed by atoms with Crippen LogP contribution in [0.15, 0.2) is 35.5 Å². The molecule has 0 aliphatic carbocycles. The zero-order valence-corrected chi connectivity index (χ0v) is 22.1. The molecule has 0 saturated heterocycles. The van der Waals surface area contributed by atoms with Gasteiger partial charge in [0, 0.05) is 25.1 Å². The number of carbonyl (C=O) groups excluding carboxylic acids is 1. The van der Waals surface area contributed by atoms with Gasteiger partial charge in [0.2, 0.25) is 5.91 Å². The normalized spacial score (nSPS) is 11.8. The molecular weight excluding hydrogens is 448 g/mol. The summed E-state index contributed by atoms with van der Waals surface area (Å²) in [5.41, 5.74) is 2.12. The van der Waals surface area contributed by atoms with Gasteiger partial charge in [0.15, 0.2) is 11.0 Å². The maximum absolute atomic E-state index is 12.6. The standard InChI is InChI=1S/C25H36N6O2S/c1-8-18-9-11-19(12-10-18)33-15-22-27-28-24(31(22)14-17(2)3)34-16-23(32)26-21-13-20(25(4,5)6)29-30(21)7/h9-13,17H,8,14-16H2,1-7H3,(H,26,32). The fourth-order valence-electron chi connectivity index (χ4n) is 3.31. The Morgan fingerprint density at radius 1 is 1.18 bits per heavy atom. The van der Waals surface area contributed by atoms with Gasteiger partial charge in [-0.05, 0) is 30.0 Å². The Morgan fingerprint density at radius 2 is 1.88 bits per heavy atom. The lowest BCUT2D eigenvalue weighted by Gasteiger charge is -2.13. The smallest absolute Gasteiger partial charge is 0.235 e. The first kappa shape index (κ1) is 25.8. The van der Waals surface area contributed by atoms with E-state index in [2.05, 4.69) is 74.3 Å². The zero-order valence-electron chi connectivity index (χ0n) is 21.3. The van der Waals surface area contributed by atoms with E-state index >= 15 is 0 Å². The molecule has 1 N–H and O–H groups in total. The number of ether oxygens (including phenoxy) is 1. The summed E-state index contributed by atoms with van der Waals surface area (Å²) in [5, 5.41) is 16.9. The quantitative estimate of drug-likeness (QED) is 0.415. The van der Waals surface area contributed by atoms with Gasteiger partial charge in [0.05, 0.1) is 11.4 Å². The molecule has 3 rings (SSSR count). The number of thioether (sulfide) groups is 1. The van der Waals surface area contributed by atoms with Crippen LogP contribution in [0.25, 0.3) is 0 Å². The van der Waals surface area contributed by atoms with E-state index in [-0.39, 0.29) is 17.1 Å². The predicted molar refractivity (Wildman–Crippen MR) is 136 cm³/mol. The third kappa shape index (κ3) is 6.85. The van der Waals surface area contributed by atoms with E-state index in [1.165, 1.54) is 17.3 Å². The largest absolute Gasteiger partial charge is 0.486 e. The number of hydrogen-bond acceptors (Lipinski definition) is 6. The Labute approximate surface area is 206 Å². The number of benzene rings is 1. The second kappa shape index (κ2) is 11.1. The first-order chi connectivity index (χ1) is 16.1. The lowest BCUT2D eigenvalue weighted by atomic mass is 9.92. The van der Waals surface area contributed by atoms with Crippen molar-refractivity contribution < 1.29 is 9.53 Å². The maximum atomic E-state index is 12.6. The van der Waals surface area contributed by atoms with E-state index in [4.69, 9.17) is 4.74 Å². The molecule has 184 valence electrons. The number of carbonyl (C=O) groups is 1. The number of nitrogens with one attached hydrogen (secondary N) is 1. The molecule has 1 amide bonds. The van der Waals surface area contributed by atoms with Gasteiger partial charge < -0.3 is 14.6 Å². The summed E-state index contributed by atoms with van der Waals surface area (Å²) < 4.78 is 9.70. The highest BCUT2D eigenvalue weighted by Crippen LogP contribution is 2.24. The molecule has 8 nitrogen and oxygen atoms in total. The summed E-state index contributed by atoms with van der Waals surface area (Å²) in [4.78, 5) is 12.6. The third-order valence-electron chi connectivity index (χ3n) is 5.29. The van der Waals surface area contributed by atoms with Crippen LogP contribution >= 0.6 is 11.8 Å². The summed E-state index contributed by atoms with van der Waals surface area (Å²) >= 11 is 1.37. The van der Waals surface area contributed by atoms with Crippen LogP contribution in [0, 0.1) is 5.92 Å². The highest BCUT2D eigenvalue weighted by atomic mass is 32.2. The van der Waals surface area contributed by atoms with Crippen LogP contribution in [0.1, 0.15) is 58.6 Å². The Morgan fingerprint density at radius 3 is 2.47 bits per heavy atom. The number of anilines is 1. The van der Waals surface area contributed by atoms with Crippen LogP contribution < -0.4 is 10.1 Å². The van der Waals surface area contributed by atoms with Crippen LogP contribution in [-0.2, 0) is 36.8 Å². The topological polar surface area (TPSA) is 86.9 Å². The summed E-state index contributed by atoms with van der Waals surface area (Å²) in [5.74, 6) is 2.75. The summed E-state index contributed by atoms with van der Waals surface area (Å²) in [6, 6.07) is 10.0. The van der Waals surface area contributed by atoms with Crippen molar-refractivity contribution in [1.29, 1.82) is 0 Å². The van der Waals surface area contributed by atoms with Crippen LogP contribution in [0.4, 0.5) is 5.82 Å². The number of hydrogen-bond donors (Lipinski definition) is 1. The second-order valence-electron chi connectivity index (χ2n) is 9.81. The van der Waals surface area contributed by atoms with E-state index in [1.807, 2.05) is 29.8 Å². The molecule has 2 heterocycles. The Hall–Kier alpha value is -2.81. The van der Waals surface area contributed by atoms with E-state index in [0.29, 0.717) is 23.5 Å². The number of aryl methyl sites for hydroxylation is 2. The number of aromatic nitrogens is 5. The molecule has 0 radical (unpaired) electrons. The van der Waals surface area contributed by atoms with Crippen molar-refractivity contribution in [3.05, 3.63) is 47.4 Å². The Balaban J connectivity index is 1.64. The number of rotatable bonds is 10. The minimum Gasteiger partial charge on any atom is -0.486 e. The molecule has 9 heteroatoms. The number of nitrogens with zero attached hydrogens (tertiary/aromatic N) is 5. The van der Waals surface area contributed by atoms with E-state index < -0.39 is 0 Å². The highest BCUT2D eigenvalue weighted by Gasteiger charge is 2.20. The van der Waals surface area contributed by atoms with Crippen molar-refractivity contribution in [2.75, 3.05) is 11.1 Å². The minimum absolute atomic E-state index is 0.0841. The molecule has 0 bridgehead atoms. The first-order valence-corrected chi connectivity index (χ1v) is 12.7. The minimum atomic E-state index is -0.110. The van der Waals surface area contributed by atoms with Crippen molar-refractivity contribution in [2.45, 2.75) is 71.7 Å². The molecule has 1 aromatic carbocycles. The maximum Gasteiger partial charge on any atom is 0.235 e. The van der Waals surface area contributed by atoms with E-state index in [0.717, 1.165) is 30.2 Å². The Bertz CT molecular complexity index is 1100. The van der Waals surface area contributed by atoms with Crippen molar-refractivity contribution >= 4 is 23.5 Å². The van der Waals surface area contributed by atoms with Gasteiger partial charge in [0.25, 0.3) is 0 Å². The Kier molecular flexibility index (Phi) is 8.41. The average Bonchev–Trinajstić information content (AvgIpc) is 3.33. The van der Waals surface area contributed by atoms with Crippen LogP contribution in [-0.4, -0.2) is 36.2 Å². The monoisotopic (exact) mass is 484 g/mol. The molecule has 3 aromatic rings. The van der Waals surface area contributed by atoms with Gasteiger partial charge in [-0.1, -0.05) is 65.4 Å². The molecule has 0 atom stereocenters. The molecule has 0 spiro atoms. The van der Waals surface area contributed by atoms with Gasteiger partial charge >= 0.3 is 0 Å². The molecule has 34 heavy (non-hydrogen) atoms. The molecular formula is C25H36N6O2S. The van der Waals surface area contributed by atoms with E-state index in [9.17, 15) is 4.79 Å². The van der Waals surface area contributed by atoms with Crippen LogP contribution in [0.5, 0.6) is 5.75 Å². The van der Waals surface area contributed by atoms with Crippen molar-refractivity contribution in [1.82, 2.24) is 24.5 Å². The zero-order chi connectivity index (χ0) is 24.9. The molecule has 0 aliphatic heterocycles. The molecule has 0 fully saturated rings. The average molecular weight is 485 g/mol. The van der Waals surface area contributed by atoms with Gasteiger partial charge in [-0.25, -0.2) is 0 Å². The lowest BCUT2D eigenvalue weighted by Crippen LogP contribution is -2.17. The van der Waals surface area contributed by atoms with Gasteiger partial charge in [-0.15, -0.1) is 10.2 Å². The second-order valence-corrected chi connectivity index (χ2v) is 10.8. The van der Waals surface area contributed by atoms with Crippen LogP contribution in [0.3, 0.4) is 0 Å². The SMILES string of the molecule is CCc1ccc(OCc2nnc(SCC(=O)Nc3cc(C(C)(C)C)nn3C)n2CC(C)C)cc1. The number of amides is 1. The molecule has 0 aliphatic rings. The molecule has 0 unspecified atom stereocenters.